The van der Waals surface area contributed by atoms with Gasteiger partial charge in [0.2, 0.25) is 0 Å². The number of carbonyl (C=O) groups excluding carboxylic acids is 1. The highest BCUT2D eigenvalue weighted by molar-refractivity contribution is 8.18. The lowest BCUT2D eigenvalue weighted by atomic mass is 10.1. The van der Waals surface area contributed by atoms with Gasteiger partial charge in [0.25, 0.3) is 5.91 Å². The normalized spacial score (nSPS) is 17.1. The number of aliphatic imine (C=N–C) groups is 1. The average Bonchev–Trinajstić information content (AvgIpc) is 3.25. The number of carbonyl (C=O) groups is 1. The van der Waals surface area contributed by atoms with Crippen molar-refractivity contribution in [2.24, 2.45) is 4.99 Å². The summed E-state index contributed by atoms with van der Waals surface area (Å²) in [5.41, 5.74) is 4.35. The Morgan fingerprint density at radius 1 is 1.04 bits per heavy atom. The van der Waals surface area contributed by atoms with Crippen molar-refractivity contribution in [1.29, 1.82) is 0 Å². The van der Waals surface area contributed by atoms with E-state index in [1.165, 1.54) is 22.9 Å². The summed E-state index contributed by atoms with van der Waals surface area (Å²) in [6.45, 7) is 2.08. The minimum Gasteiger partial charge on any atom is -0.290 e. The van der Waals surface area contributed by atoms with Crippen LogP contribution >= 0.6 is 34.7 Å². The molecule has 140 valence electrons. The average molecular weight is 425 g/mol. The molecule has 4 rings (SSSR count). The minimum absolute atomic E-state index is 0.0389. The van der Waals surface area contributed by atoms with Gasteiger partial charge in [-0.05, 0) is 71.6 Å². The van der Waals surface area contributed by atoms with Crippen LogP contribution in [0.4, 0.5) is 5.69 Å². The molecule has 1 fully saturated rings. The molecule has 1 saturated heterocycles. The molecular formula is C22H17ClN2OS2. The summed E-state index contributed by atoms with van der Waals surface area (Å²) in [7, 11) is 1.75. The molecule has 1 aromatic heterocycles. The van der Waals surface area contributed by atoms with E-state index >= 15 is 0 Å². The van der Waals surface area contributed by atoms with Gasteiger partial charge in [0, 0.05) is 16.9 Å². The largest absolute Gasteiger partial charge is 0.290 e. The van der Waals surface area contributed by atoms with Gasteiger partial charge in [0.15, 0.2) is 5.17 Å². The first-order chi connectivity index (χ1) is 13.5. The van der Waals surface area contributed by atoms with Gasteiger partial charge >= 0.3 is 0 Å². The molecule has 2 aromatic carbocycles. The first-order valence-electron chi connectivity index (χ1n) is 8.67. The lowest BCUT2D eigenvalue weighted by molar-refractivity contribution is -0.121. The summed E-state index contributed by atoms with van der Waals surface area (Å²) in [6.07, 6.45) is 1.94. The molecular weight excluding hydrogens is 408 g/mol. The fourth-order valence-corrected chi connectivity index (χ4v) is 4.76. The Labute approximate surface area is 177 Å². The highest BCUT2D eigenvalue weighted by Crippen LogP contribution is 2.35. The van der Waals surface area contributed by atoms with Crippen LogP contribution in [-0.4, -0.2) is 23.0 Å². The lowest BCUT2D eigenvalue weighted by Gasteiger charge is -2.06. The van der Waals surface area contributed by atoms with Crippen molar-refractivity contribution in [2.45, 2.75) is 6.92 Å². The smallest absolute Gasteiger partial charge is 0.266 e. The van der Waals surface area contributed by atoms with E-state index in [9.17, 15) is 4.79 Å². The highest BCUT2D eigenvalue weighted by Gasteiger charge is 2.30. The van der Waals surface area contributed by atoms with E-state index in [0.717, 1.165) is 16.1 Å². The fourth-order valence-electron chi connectivity index (χ4n) is 2.73. The van der Waals surface area contributed by atoms with Crippen LogP contribution < -0.4 is 0 Å². The zero-order valence-corrected chi connectivity index (χ0v) is 17.7. The van der Waals surface area contributed by atoms with E-state index in [-0.39, 0.29) is 5.91 Å². The maximum atomic E-state index is 12.6. The topological polar surface area (TPSA) is 32.7 Å². The van der Waals surface area contributed by atoms with E-state index in [2.05, 4.69) is 47.6 Å². The molecule has 0 radical (unpaired) electrons. The number of rotatable bonds is 3. The molecule has 28 heavy (non-hydrogen) atoms. The fraction of sp³-hybridized carbons (Fsp3) is 0.0909. The number of amides is 1. The van der Waals surface area contributed by atoms with Gasteiger partial charge in [0.05, 0.1) is 10.6 Å². The third kappa shape index (κ3) is 4.07. The van der Waals surface area contributed by atoms with Crippen molar-refractivity contribution in [3.63, 3.8) is 0 Å². The van der Waals surface area contributed by atoms with Crippen molar-refractivity contribution in [1.82, 2.24) is 4.90 Å². The summed E-state index contributed by atoms with van der Waals surface area (Å²) in [5, 5.41) is 3.44. The first kappa shape index (κ1) is 19.0. The first-order valence-corrected chi connectivity index (χ1v) is 10.7. The third-order valence-corrected chi connectivity index (χ3v) is 6.52. The van der Waals surface area contributed by atoms with E-state index in [4.69, 9.17) is 11.6 Å². The Bertz CT molecular complexity index is 1080. The van der Waals surface area contributed by atoms with Crippen molar-refractivity contribution in [3.8, 4) is 11.1 Å². The molecule has 0 aliphatic carbocycles. The number of aryl methyl sites for hydroxylation is 1. The number of benzene rings is 2. The van der Waals surface area contributed by atoms with Gasteiger partial charge in [-0.2, -0.15) is 0 Å². The molecule has 2 heterocycles. The molecule has 3 aromatic rings. The monoisotopic (exact) mass is 424 g/mol. The number of hydrogen-bond acceptors (Lipinski definition) is 4. The van der Waals surface area contributed by atoms with Gasteiger partial charge in [0.1, 0.15) is 0 Å². The molecule has 1 amide bonds. The molecule has 0 bridgehead atoms. The van der Waals surface area contributed by atoms with Gasteiger partial charge in [-0.15, -0.1) is 11.3 Å². The lowest BCUT2D eigenvalue weighted by Crippen LogP contribution is -2.23. The Morgan fingerprint density at radius 3 is 2.46 bits per heavy atom. The zero-order valence-electron chi connectivity index (χ0n) is 15.3. The molecule has 0 unspecified atom stereocenters. The zero-order chi connectivity index (χ0) is 19.7. The van der Waals surface area contributed by atoms with Crippen molar-refractivity contribution in [2.75, 3.05) is 7.05 Å². The van der Waals surface area contributed by atoms with Crippen LogP contribution in [0.1, 0.15) is 10.4 Å². The minimum atomic E-state index is -0.0389. The molecule has 0 spiro atoms. The number of nitrogens with zero attached hydrogens (tertiary/aromatic N) is 2. The second-order valence-corrected chi connectivity index (χ2v) is 8.84. The number of likely N-dealkylation sites (N-methyl/N-ethyl adjacent to an activating group) is 1. The van der Waals surface area contributed by atoms with Gasteiger partial charge in [-0.1, -0.05) is 41.4 Å². The molecule has 0 saturated carbocycles. The van der Waals surface area contributed by atoms with Crippen LogP contribution in [0.3, 0.4) is 0 Å². The van der Waals surface area contributed by atoms with Crippen LogP contribution in [0.2, 0.25) is 5.02 Å². The Morgan fingerprint density at radius 2 is 1.75 bits per heavy atom. The summed E-state index contributed by atoms with van der Waals surface area (Å²) < 4.78 is 0. The van der Waals surface area contributed by atoms with Crippen molar-refractivity contribution >= 4 is 57.5 Å². The second-order valence-electron chi connectivity index (χ2n) is 6.45. The molecule has 6 heteroatoms. The molecule has 1 aliphatic heterocycles. The highest BCUT2D eigenvalue weighted by atomic mass is 35.5. The third-order valence-electron chi connectivity index (χ3n) is 4.33. The van der Waals surface area contributed by atoms with E-state index in [1.54, 1.807) is 35.4 Å². The number of amidine groups is 1. The number of thioether (sulfide) groups is 1. The van der Waals surface area contributed by atoms with Gasteiger partial charge < -0.3 is 0 Å². The van der Waals surface area contributed by atoms with Crippen LogP contribution in [-0.2, 0) is 4.79 Å². The quantitative estimate of drug-likeness (QED) is 0.443. The number of halogens is 1. The number of thiophene rings is 1. The SMILES string of the molecule is Cc1ccc(-c2csc(/C=C3\SC(=Nc4ccc(Cl)cc4)N(C)C3=O)c2)cc1. The maximum Gasteiger partial charge on any atom is 0.266 e. The van der Waals surface area contributed by atoms with E-state index < -0.39 is 0 Å². The summed E-state index contributed by atoms with van der Waals surface area (Å²) >= 11 is 8.94. The Balaban J connectivity index is 1.57. The van der Waals surface area contributed by atoms with Gasteiger partial charge in [-0.25, -0.2) is 4.99 Å². The molecule has 3 nitrogen and oxygen atoms in total. The van der Waals surface area contributed by atoms with Crippen LogP contribution in [0, 0.1) is 6.92 Å². The van der Waals surface area contributed by atoms with E-state index in [0.29, 0.717) is 15.1 Å². The molecule has 0 atom stereocenters. The van der Waals surface area contributed by atoms with Crippen molar-refractivity contribution < 1.29 is 4.79 Å². The van der Waals surface area contributed by atoms with E-state index in [1.807, 2.05) is 18.2 Å². The Hall–Kier alpha value is -2.34. The Kier molecular flexibility index (Phi) is 5.40. The predicted octanol–water partition coefficient (Wildman–Crippen LogP) is 6.61. The molecule has 1 aliphatic rings. The summed E-state index contributed by atoms with van der Waals surface area (Å²) in [6, 6.07) is 17.8. The second kappa shape index (κ2) is 7.95. The standard InChI is InChI=1S/C22H17ClN2OS2/c1-14-3-5-15(6-4-14)16-11-19(27-13-16)12-20-21(26)25(2)22(28-20)24-18-9-7-17(23)8-10-18/h3-13H,1-2H3/b20-12-,24-22?. The van der Waals surface area contributed by atoms with Gasteiger partial charge in [-0.3, -0.25) is 9.69 Å². The van der Waals surface area contributed by atoms with Crippen LogP contribution in [0.25, 0.3) is 17.2 Å². The van der Waals surface area contributed by atoms with Crippen molar-refractivity contribution in [3.05, 3.63) is 80.3 Å². The maximum absolute atomic E-state index is 12.6. The van der Waals surface area contributed by atoms with Crippen LogP contribution in [0.5, 0.6) is 0 Å². The predicted molar refractivity (Wildman–Crippen MR) is 121 cm³/mol. The molecule has 0 N–H and O–H groups in total. The number of hydrogen-bond donors (Lipinski definition) is 0. The summed E-state index contributed by atoms with van der Waals surface area (Å²) in [5.74, 6) is -0.0389. The summed E-state index contributed by atoms with van der Waals surface area (Å²) in [4.78, 5) is 20.5. The van der Waals surface area contributed by atoms with Crippen LogP contribution in [0.15, 0.2) is 69.9 Å².